The number of phenolic OH excluding ortho intramolecular Hbond substituents is 2. The fourth-order valence-corrected chi connectivity index (χ4v) is 1.39. The fourth-order valence-electron chi connectivity index (χ4n) is 1.39. The number of phenols is 4. The largest absolute Gasteiger partial charge is 0.508 e. The molecule has 0 unspecified atom stereocenters. The van der Waals surface area contributed by atoms with Crippen LogP contribution in [0.25, 0.3) is 0 Å². The lowest BCUT2D eigenvalue weighted by atomic mass is 10.2. The molecule has 0 aromatic heterocycles. The number of carbonyl (C=O) groups is 2. The predicted molar refractivity (Wildman–Crippen MR) is 73.5 cm³/mol. The van der Waals surface area contributed by atoms with Gasteiger partial charge in [-0.3, -0.25) is 0 Å². The number of benzene rings is 2. The van der Waals surface area contributed by atoms with E-state index < -0.39 is 11.9 Å². The molecule has 0 atom stereocenters. The van der Waals surface area contributed by atoms with Gasteiger partial charge < -0.3 is 30.6 Å². The number of hydrogen-bond acceptors (Lipinski definition) is 6. The topological polar surface area (TPSA) is 156 Å². The van der Waals surface area contributed by atoms with E-state index in [2.05, 4.69) is 0 Å². The zero-order valence-corrected chi connectivity index (χ0v) is 11.0. The summed E-state index contributed by atoms with van der Waals surface area (Å²) in [6, 6.07) is 6.64. The van der Waals surface area contributed by atoms with E-state index in [1.807, 2.05) is 0 Å². The molecule has 0 aliphatic heterocycles. The number of hydrogen-bond donors (Lipinski definition) is 6. The highest BCUT2D eigenvalue weighted by molar-refractivity contribution is 5.91. The van der Waals surface area contributed by atoms with Crippen LogP contribution >= 0.6 is 0 Å². The molecule has 0 heterocycles. The number of carboxylic acid groups (broad SMARTS) is 2. The van der Waals surface area contributed by atoms with Crippen LogP contribution < -0.4 is 0 Å². The van der Waals surface area contributed by atoms with Gasteiger partial charge in [-0.2, -0.15) is 0 Å². The molecule has 2 aromatic rings. The van der Waals surface area contributed by atoms with Crippen LogP contribution in [-0.2, 0) is 0 Å². The Labute approximate surface area is 123 Å². The van der Waals surface area contributed by atoms with Crippen molar-refractivity contribution < 1.29 is 40.2 Å². The van der Waals surface area contributed by atoms with Gasteiger partial charge in [0, 0.05) is 0 Å². The van der Waals surface area contributed by atoms with Crippen LogP contribution in [0.15, 0.2) is 36.4 Å². The molecule has 0 fully saturated rings. The van der Waals surface area contributed by atoms with E-state index in [1.54, 1.807) is 0 Å². The summed E-state index contributed by atoms with van der Waals surface area (Å²) >= 11 is 0. The molecule has 0 saturated heterocycles. The van der Waals surface area contributed by atoms with Crippen LogP contribution in [0.3, 0.4) is 0 Å². The van der Waals surface area contributed by atoms with Gasteiger partial charge in [0.05, 0.1) is 0 Å². The van der Waals surface area contributed by atoms with E-state index >= 15 is 0 Å². The van der Waals surface area contributed by atoms with Crippen molar-refractivity contribution in [2.45, 2.75) is 0 Å². The molecule has 0 bridgehead atoms. The van der Waals surface area contributed by atoms with Gasteiger partial charge in [-0.05, 0) is 36.4 Å². The summed E-state index contributed by atoms with van der Waals surface area (Å²) in [6.07, 6.45) is 0. The van der Waals surface area contributed by atoms with Gasteiger partial charge in [-0.15, -0.1) is 0 Å². The van der Waals surface area contributed by atoms with Gasteiger partial charge in [0.25, 0.3) is 0 Å². The lowest BCUT2D eigenvalue weighted by Crippen LogP contribution is -1.95. The van der Waals surface area contributed by atoms with Crippen LogP contribution in [0.5, 0.6) is 23.0 Å². The van der Waals surface area contributed by atoms with E-state index in [-0.39, 0.29) is 34.1 Å². The smallest absolute Gasteiger partial charge is 0.339 e. The van der Waals surface area contributed by atoms with Gasteiger partial charge in [-0.1, -0.05) is 0 Å². The average molecular weight is 308 g/mol. The first kappa shape index (κ1) is 16.6. The van der Waals surface area contributed by atoms with Gasteiger partial charge in [0.1, 0.15) is 34.1 Å². The molecule has 0 aliphatic carbocycles. The molecule has 0 radical (unpaired) electrons. The number of aromatic carboxylic acids is 2. The Morgan fingerprint density at radius 1 is 0.636 bits per heavy atom. The first-order valence-corrected chi connectivity index (χ1v) is 5.73. The Hall–Kier alpha value is -3.42. The molecular weight excluding hydrogens is 296 g/mol. The Kier molecular flexibility index (Phi) is 5.17. The summed E-state index contributed by atoms with van der Waals surface area (Å²) < 4.78 is 0. The van der Waals surface area contributed by atoms with Crippen molar-refractivity contribution in [2.75, 3.05) is 0 Å². The zero-order valence-electron chi connectivity index (χ0n) is 11.0. The Morgan fingerprint density at radius 3 is 1.18 bits per heavy atom. The maximum absolute atomic E-state index is 10.3. The Bertz CT molecular complexity index is 646. The minimum atomic E-state index is -1.27. The third-order valence-electron chi connectivity index (χ3n) is 2.42. The number of aromatic hydroxyl groups is 4. The minimum Gasteiger partial charge on any atom is -0.508 e. The van der Waals surface area contributed by atoms with Crippen molar-refractivity contribution in [1.82, 2.24) is 0 Å². The molecule has 0 amide bonds. The molecule has 6 N–H and O–H groups in total. The van der Waals surface area contributed by atoms with Crippen molar-refractivity contribution >= 4 is 11.9 Å². The average Bonchev–Trinajstić information content (AvgIpc) is 2.44. The van der Waals surface area contributed by atoms with Crippen molar-refractivity contribution in [3.05, 3.63) is 47.5 Å². The highest BCUT2D eigenvalue weighted by atomic mass is 16.4. The van der Waals surface area contributed by atoms with Crippen molar-refractivity contribution in [3.63, 3.8) is 0 Å². The molecule has 2 aromatic carbocycles. The molecule has 8 nitrogen and oxygen atoms in total. The summed E-state index contributed by atoms with van der Waals surface area (Å²) in [7, 11) is 0. The normalized spacial score (nSPS) is 9.45. The summed E-state index contributed by atoms with van der Waals surface area (Å²) in [6.45, 7) is 0. The first-order chi connectivity index (χ1) is 10.2. The number of rotatable bonds is 2. The molecular formula is C14H12O8. The Morgan fingerprint density at radius 2 is 0.955 bits per heavy atom. The van der Waals surface area contributed by atoms with Gasteiger partial charge in [-0.25, -0.2) is 9.59 Å². The van der Waals surface area contributed by atoms with E-state index in [0.717, 1.165) is 24.3 Å². The summed E-state index contributed by atoms with van der Waals surface area (Å²) in [5, 5.41) is 52.3. The van der Waals surface area contributed by atoms with Gasteiger partial charge in [0.15, 0.2) is 0 Å². The summed E-state index contributed by atoms with van der Waals surface area (Å²) in [5.74, 6) is -3.59. The zero-order chi connectivity index (χ0) is 16.9. The third-order valence-corrected chi connectivity index (χ3v) is 2.42. The lowest BCUT2D eigenvalue weighted by molar-refractivity contribution is 0.0682. The van der Waals surface area contributed by atoms with Gasteiger partial charge >= 0.3 is 11.9 Å². The SMILES string of the molecule is O=C(O)c1cc(O)ccc1O.O=C(O)c1cc(O)ccc1O. The Balaban J connectivity index is 0.000000220. The lowest BCUT2D eigenvalue weighted by Gasteiger charge is -1.98. The quantitative estimate of drug-likeness (QED) is 0.457. The summed E-state index contributed by atoms with van der Waals surface area (Å²) in [5.41, 5.74) is -0.602. The minimum absolute atomic E-state index is 0.180. The first-order valence-electron chi connectivity index (χ1n) is 5.73. The molecule has 116 valence electrons. The molecule has 0 spiro atoms. The summed E-state index contributed by atoms with van der Waals surface area (Å²) in [4.78, 5) is 20.6. The monoisotopic (exact) mass is 308 g/mol. The van der Waals surface area contributed by atoms with Crippen molar-refractivity contribution in [1.29, 1.82) is 0 Å². The maximum atomic E-state index is 10.3. The second-order valence-corrected chi connectivity index (χ2v) is 4.01. The van der Waals surface area contributed by atoms with Crippen LogP contribution in [0.2, 0.25) is 0 Å². The van der Waals surface area contributed by atoms with Crippen LogP contribution in [0.1, 0.15) is 20.7 Å². The standard InChI is InChI=1S/2C7H6O4/c2*8-4-1-2-6(9)5(3-4)7(10)11/h2*1-3,8-9H,(H,10,11). The molecule has 0 saturated carbocycles. The van der Waals surface area contributed by atoms with Crippen LogP contribution in [0.4, 0.5) is 0 Å². The van der Waals surface area contributed by atoms with E-state index in [4.69, 9.17) is 30.6 Å². The second-order valence-electron chi connectivity index (χ2n) is 4.01. The number of carboxylic acids is 2. The van der Waals surface area contributed by atoms with Crippen molar-refractivity contribution in [3.8, 4) is 23.0 Å². The molecule has 0 aliphatic rings. The molecule has 2 rings (SSSR count). The van der Waals surface area contributed by atoms with E-state index in [1.165, 1.54) is 12.1 Å². The highest BCUT2D eigenvalue weighted by Crippen LogP contribution is 2.22. The van der Waals surface area contributed by atoms with Gasteiger partial charge in [0.2, 0.25) is 0 Å². The third kappa shape index (κ3) is 4.30. The molecule has 22 heavy (non-hydrogen) atoms. The van der Waals surface area contributed by atoms with Crippen LogP contribution in [0, 0.1) is 0 Å². The highest BCUT2D eigenvalue weighted by Gasteiger charge is 2.09. The van der Waals surface area contributed by atoms with E-state index in [0.29, 0.717) is 0 Å². The maximum Gasteiger partial charge on any atom is 0.339 e. The second kappa shape index (κ2) is 6.84. The van der Waals surface area contributed by atoms with Crippen molar-refractivity contribution in [2.24, 2.45) is 0 Å². The fraction of sp³-hybridized carbons (Fsp3) is 0. The predicted octanol–water partition coefficient (Wildman–Crippen LogP) is 1.59. The van der Waals surface area contributed by atoms with Crippen LogP contribution in [-0.4, -0.2) is 42.6 Å². The van der Waals surface area contributed by atoms with E-state index in [9.17, 15) is 9.59 Å². The molecule has 8 heteroatoms.